The van der Waals surface area contributed by atoms with Crippen molar-refractivity contribution < 1.29 is 17.6 Å². The molecule has 2 rings (SSSR count). The highest BCUT2D eigenvalue weighted by molar-refractivity contribution is 7.89. The predicted molar refractivity (Wildman–Crippen MR) is 86.3 cm³/mol. The summed E-state index contributed by atoms with van der Waals surface area (Å²) in [5, 5.41) is 3.06. The second-order valence-corrected chi connectivity index (χ2v) is 7.20. The lowest BCUT2D eigenvalue weighted by Crippen LogP contribution is -2.35. The van der Waals surface area contributed by atoms with Crippen molar-refractivity contribution in [3.8, 4) is 0 Å². The molecule has 1 N–H and O–H groups in total. The largest absolute Gasteiger partial charge is 0.325 e. The molecule has 2 aromatic rings. The van der Waals surface area contributed by atoms with E-state index in [2.05, 4.69) is 5.32 Å². The van der Waals surface area contributed by atoms with Crippen LogP contribution in [0.15, 0.2) is 53.4 Å². The zero-order valence-electron chi connectivity index (χ0n) is 12.2. The fraction of sp³-hybridized carbons (Fsp3) is 0.133. The van der Waals surface area contributed by atoms with Crippen LogP contribution >= 0.6 is 11.6 Å². The molecule has 0 radical (unpaired) electrons. The van der Waals surface area contributed by atoms with E-state index in [9.17, 15) is 17.6 Å². The topological polar surface area (TPSA) is 66.5 Å². The van der Waals surface area contributed by atoms with Gasteiger partial charge in [-0.2, -0.15) is 4.31 Å². The van der Waals surface area contributed by atoms with Crippen LogP contribution in [0.2, 0.25) is 5.02 Å². The summed E-state index contributed by atoms with van der Waals surface area (Å²) in [6, 6.07) is 11.4. The maximum Gasteiger partial charge on any atom is 0.246 e. The number of hydrogen-bond acceptors (Lipinski definition) is 3. The predicted octanol–water partition coefficient (Wildman–Crippen LogP) is 2.74. The fourth-order valence-corrected chi connectivity index (χ4v) is 3.16. The minimum absolute atomic E-state index is 0.445. The van der Waals surface area contributed by atoms with Gasteiger partial charge in [-0.15, -0.1) is 0 Å². The van der Waals surface area contributed by atoms with Gasteiger partial charge in [-0.1, -0.05) is 23.7 Å². The standard InChI is InChI=1S/C15H14ClFN2O3S/c1-19(23(21,22)14-5-3-2-4-13(14)17)10-15(20)18-12-8-6-11(16)7-9-12/h2-9H,10H2,1H3,(H,18,20). The van der Waals surface area contributed by atoms with Crippen LogP contribution in [-0.4, -0.2) is 32.2 Å². The van der Waals surface area contributed by atoms with Crippen LogP contribution in [0.25, 0.3) is 0 Å². The van der Waals surface area contributed by atoms with Crippen molar-refractivity contribution in [1.82, 2.24) is 4.31 Å². The van der Waals surface area contributed by atoms with Crippen molar-refractivity contribution in [3.05, 3.63) is 59.4 Å². The lowest BCUT2D eigenvalue weighted by molar-refractivity contribution is -0.116. The van der Waals surface area contributed by atoms with E-state index in [0.29, 0.717) is 10.7 Å². The van der Waals surface area contributed by atoms with Gasteiger partial charge in [-0.3, -0.25) is 4.79 Å². The number of nitrogens with one attached hydrogen (secondary N) is 1. The summed E-state index contributed by atoms with van der Waals surface area (Å²) in [5.74, 6) is -1.41. The molecule has 0 aliphatic rings. The molecule has 0 aliphatic heterocycles. The third-order valence-electron chi connectivity index (χ3n) is 3.02. The summed E-state index contributed by atoms with van der Waals surface area (Å²) in [5.41, 5.74) is 0.482. The second kappa shape index (κ2) is 7.08. The maximum atomic E-state index is 13.6. The minimum atomic E-state index is -4.09. The van der Waals surface area contributed by atoms with Crippen molar-refractivity contribution in [2.75, 3.05) is 18.9 Å². The smallest absolute Gasteiger partial charge is 0.246 e. The number of nitrogens with zero attached hydrogens (tertiary/aromatic N) is 1. The number of carbonyl (C=O) groups excluding carboxylic acids is 1. The highest BCUT2D eigenvalue weighted by atomic mass is 35.5. The van der Waals surface area contributed by atoms with Crippen LogP contribution in [0.5, 0.6) is 0 Å². The number of halogens is 2. The Morgan fingerprint density at radius 3 is 2.39 bits per heavy atom. The zero-order valence-corrected chi connectivity index (χ0v) is 13.7. The summed E-state index contributed by atoms with van der Waals surface area (Å²) in [6.45, 7) is -0.445. The highest BCUT2D eigenvalue weighted by Crippen LogP contribution is 2.18. The molecular formula is C15H14ClFN2O3S. The molecule has 2 aromatic carbocycles. The van der Waals surface area contributed by atoms with E-state index < -0.39 is 33.2 Å². The van der Waals surface area contributed by atoms with Crippen LogP contribution in [0, 0.1) is 5.82 Å². The Kier molecular flexibility index (Phi) is 5.35. The average molecular weight is 357 g/mol. The Morgan fingerprint density at radius 1 is 1.17 bits per heavy atom. The van der Waals surface area contributed by atoms with Crippen LogP contribution in [0.3, 0.4) is 0 Å². The first-order valence-electron chi connectivity index (χ1n) is 6.57. The molecule has 8 heteroatoms. The van der Waals surface area contributed by atoms with E-state index in [0.717, 1.165) is 16.4 Å². The van der Waals surface area contributed by atoms with Crippen molar-refractivity contribution in [1.29, 1.82) is 0 Å². The van der Waals surface area contributed by atoms with Crippen LogP contribution in [-0.2, 0) is 14.8 Å². The van der Waals surface area contributed by atoms with Gasteiger partial charge >= 0.3 is 0 Å². The molecule has 0 bridgehead atoms. The Bertz CT molecular complexity index is 810. The van der Waals surface area contributed by atoms with E-state index in [1.807, 2.05) is 0 Å². The molecule has 1 amide bonds. The molecule has 0 heterocycles. The van der Waals surface area contributed by atoms with E-state index in [1.54, 1.807) is 24.3 Å². The fourth-order valence-electron chi connectivity index (χ4n) is 1.84. The number of carbonyl (C=O) groups is 1. The molecule has 0 atom stereocenters. The molecule has 0 spiro atoms. The van der Waals surface area contributed by atoms with Gasteiger partial charge in [-0.05, 0) is 36.4 Å². The van der Waals surface area contributed by atoms with Gasteiger partial charge in [0.2, 0.25) is 15.9 Å². The van der Waals surface area contributed by atoms with E-state index in [-0.39, 0.29) is 0 Å². The number of benzene rings is 2. The lowest BCUT2D eigenvalue weighted by Gasteiger charge is -2.17. The number of rotatable bonds is 5. The zero-order chi connectivity index (χ0) is 17.0. The molecule has 122 valence electrons. The second-order valence-electron chi connectivity index (χ2n) is 4.75. The Hall–Kier alpha value is -1.96. The first kappa shape index (κ1) is 17.4. The molecule has 0 aromatic heterocycles. The number of sulfonamides is 1. The summed E-state index contributed by atoms with van der Waals surface area (Å²) < 4.78 is 39.0. The van der Waals surface area contributed by atoms with Gasteiger partial charge in [0.1, 0.15) is 10.7 Å². The minimum Gasteiger partial charge on any atom is -0.325 e. The van der Waals surface area contributed by atoms with Gasteiger partial charge in [0, 0.05) is 17.8 Å². The van der Waals surface area contributed by atoms with Crippen molar-refractivity contribution >= 4 is 33.2 Å². The molecule has 0 aliphatic carbocycles. The number of likely N-dealkylation sites (N-methyl/N-ethyl adjacent to an activating group) is 1. The van der Waals surface area contributed by atoms with Gasteiger partial charge in [-0.25, -0.2) is 12.8 Å². The highest BCUT2D eigenvalue weighted by Gasteiger charge is 2.25. The van der Waals surface area contributed by atoms with E-state index in [1.165, 1.54) is 19.2 Å². The number of hydrogen-bond donors (Lipinski definition) is 1. The van der Waals surface area contributed by atoms with Crippen molar-refractivity contribution in [2.45, 2.75) is 4.90 Å². The van der Waals surface area contributed by atoms with Gasteiger partial charge in [0.05, 0.1) is 6.54 Å². The third kappa shape index (κ3) is 4.28. The molecular weight excluding hydrogens is 343 g/mol. The monoisotopic (exact) mass is 356 g/mol. The Labute approximate surface area is 138 Å². The molecule has 23 heavy (non-hydrogen) atoms. The van der Waals surface area contributed by atoms with Crippen LogP contribution in [0.4, 0.5) is 10.1 Å². The summed E-state index contributed by atoms with van der Waals surface area (Å²) >= 11 is 5.74. The summed E-state index contributed by atoms with van der Waals surface area (Å²) in [6.07, 6.45) is 0. The van der Waals surface area contributed by atoms with Crippen molar-refractivity contribution in [2.24, 2.45) is 0 Å². The molecule has 0 saturated heterocycles. The van der Waals surface area contributed by atoms with E-state index in [4.69, 9.17) is 11.6 Å². The number of anilines is 1. The van der Waals surface area contributed by atoms with E-state index >= 15 is 0 Å². The first-order valence-corrected chi connectivity index (χ1v) is 8.39. The molecule has 0 saturated carbocycles. The van der Waals surface area contributed by atoms with Crippen LogP contribution in [0.1, 0.15) is 0 Å². The maximum absolute atomic E-state index is 13.6. The molecule has 0 fully saturated rings. The van der Waals surface area contributed by atoms with Gasteiger partial charge < -0.3 is 5.32 Å². The average Bonchev–Trinajstić information content (AvgIpc) is 2.49. The number of amides is 1. The lowest BCUT2D eigenvalue weighted by atomic mass is 10.3. The first-order chi connectivity index (χ1) is 10.8. The summed E-state index contributed by atoms with van der Waals surface area (Å²) in [7, 11) is -2.88. The quantitative estimate of drug-likeness (QED) is 0.895. The Balaban J connectivity index is 2.08. The molecule has 0 unspecified atom stereocenters. The van der Waals surface area contributed by atoms with Gasteiger partial charge in [0.25, 0.3) is 0 Å². The normalized spacial score (nSPS) is 11.5. The third-order valence-corrected chi connectivity index (χ3v) is 5.11. The van der Waals surface area contributed by atoms with Gasteiger partial charge in [0.15, 0.2) is 0 Å². The summed E-state index contributed by atoms with van der Waals surface area (Å²) in [4.78, 5) is 11.5. The Morgan fingerprint density at radius 2 is 1.78 bits per heavy atom. The SMILES string of the molecule is CN(CC(=O)Nc1ccc(Cl)cc1)S(=O)(=O)c1ccccc1F. The van der Waals surface area contributed by atoms with Crippen molar-refractivity contribution in [3.63, 3.8) is 0 Å². The van der Waals surface area contributed by atoms with Crippen LogP contribution < -0.4 is 5.32 Å². The molecule has 5 nitrogen and oxygen atoms in total.